The maximum absolute atomic E-state index is 7.67. The molecule has 0 aliphatic rings. The van der Waals surface area contributed by atoms with E-state index in [0.29, 0.717) is 12.6 Å². The normalized spacial score (nSPS) is 10.0. The van der Waals surface area contributed by atoms with E-state index in [1.165, 1.54) is 0 Å². The van der Waals surface area contributed by atoms with Crippen molar-refractivity contribution in [2.45, 2.75) is 6.42 Å². The Bertz CT molecular complexity index is 284. The van der Waals surface area contributed by atoms with Crippen molar-refractivity contribution < 1.29 is 4.42 Å². The van der Waals surface area contributed by atoms with Crippen molar-refractivity contribution in [2.75, 3.05) is 27.3 Å². The Morgan fingerprint density at radius 2 is 2.40 bits per heavy atom. The molecule has 0 saturated heterocycles. The van der Waals surface area contributed by atoms with Crippen molar-refractivity contribution in [3.05, 3.63) is 24.2 Å². The van der Waals surface area contributed by atoms with Gasteiger partial charge in [-0.05, 0) is 19.2 Å². The van der Waals surface area contributed by atoms with Crippen LogP contribution in [-0.4, -0.2) is 38.2 Å². The molecule has 0 unspecified atom stereocenters. The predicted molar refractivity (Wildman–Crippen MR) is 59.8 cm³/mol. The zero-order valence-corrected chi connectivity index (χ0v) is 9.21. The topological polar surface area (TPSA) is 64.3 Å². The van der Waals surface area contributed by atoms with E-state index < -0.39 is 0 Å². The molecule has 0 bridgehead atoms. The van der Waals surface area contributed by atoms with Crippen molar-refractivity contribution in [1.82, 2.24) is 15.5 Å². The van der Waals surface area contributed by atoms with E-state index in [2.05, 4.69) is 10.6 Å². The summed E-state index contributed by atoms with van der Waals surface area (Å²) in [5.74, 6) is 1.36. The molecular formula is C10H18N4O. The van der Waals surface area contributed by atoms with Crippen LogP contribution in [0.2, 0.25) is 0 Å². The van der Waals surface area contributed by atoms with Crippen LogP contribution in [0.4, 0.5) is 0 Å². The minimum Gasteiger partial charge on any atom is -0.469 e. The summed E-state index contributed by atoms with van der Waals surface area (Å²) in [6.07, 6.45) is 2.48. The largest absolute Gasteiger partial charge is 0.469 e. The van der Waals surface area contributed by atoms with E-state index >= 15 is 0 Å². The van der Waals surface area contributed by atoms with Crippen LogP contribution in [0.15, 0.2) is 22.8 Å². The number of furan rings is 1. The predicted octanol–water partition coefficient (Wildman–Crippen LogP) is 0.455. The van der Waals surface area contributed by atoms with Crippen molar-refractivity contribution in [3.8, 4) is 0 Å². The maximum atomic E-state index is 7.67. The second-order valence-electron chi connectivity index (χ2n) is 3.31. The lowest BCUT2D eigenvalue weighted by molar-refractivity contribution is 0.437. The van der Waals surface area contributed by atoms with Crippen LogP contribution >= 0.6 is 0 Å². The second-order valence-corrected chi connectivity index (χ2v) is 3.31. The molecule has 3 N–H and O–H groups in total. The van der Waals surface area contributed by atoms with Gasteiger partial charge in [-0.25, -0.2) is 0 Å². The van der Waals surface area contributed by atoms with Crippen molar-refractivity contribution in [3.63, 3.8) is 0 Å². The molecule has 0 aliphatic heterocycles. The zero-order chi connectivity index (χ0) is 11.1. The van der Waals surface area contributed by atoms with Gasteiger partial charge < -0.3 is 20.0 Å². The van der Waals surface area contributed by atoms with Crippen molar-refractivity contribution >= 4 is 5.96 Å². The van der Waals surface area contributed by atoms with Crippen LogP contribution < -0.4 is 10.6 Å². The summed E-state index contributed by atoms with van der Waals surface area (Å²) < 4.78 is 5.21. The first-order valence-corrected chi connectivity index (χ1v) is 4.94. The van der Waals surface area contributed by atoms with Crippen LogP contribution in [0.3, 0.4) is 0 Å². The molecule has 0 spiro atoms. The molecule has 0 atom stereocenters. The average molecular weight is 210 g/mol. The van der Waals surface area contributed by atoms with Crippen LogP contribution in [0.1, 0.15) is 5.76 Å². The molecular weight excluding hydrogens is 192 g/mol. The molecule has 0 radical (unpaired) electrons. The minimum absolute atomic E-state index is 0.413. The van der Waals surface area contributed by atoms with E-state index in [1.807, 2.05) is 31.1 Å². The number of guanidine groups is 1. The molecule has 15 heavy (non-hydrogen) atoms. The molecule has 1 aromatic heterocycles. The van der Waals surface area contributed by atoms with E-state index in [1.54, 1.807) is 6.26 Å². The molecule has 5 nitrogen and oxygen atoms in total. The summed E-state index contributed by atoms with van der Waals surface area (Å²) in [7, 11) is 3.72. The fraction of sp³-hybridized carbons (Fsp3) is 0.500. The van der Waals surface area contributed by atoms with Gasteiger partial charge in [-0.15, -0.1) is 0 Å². The third-order valence-corrected chi connectivity index (χ3v) is 2.09. The molecule has 0 amide bonds. The van der Waals surface area contributed by atoms with E-state index in [9.17, 15) is 0 Å². The third-order valence-electron chi connectivity index (χ3n) is 2.09. The van der Waals surface area contributed by atoms with Gasteiger partial charge in [0.05, 0.1) is 12.9 Å². The molecule has 5 heteroatoms. The molecule has 0 saturated carbocycles. The summed E-state index contributed by atoms with van der Waals surface area (Å²) in [6.45, 7) is 1.37. The van der Waals surface area contributed by atoms with E-state index in [0.717, 1.165) is 18.7 Å². The Morgan fingerprint density at radius 3 is 3.00 bits per heavy atom. The SMILES string of the molecule is CNCNC(=N)N(C)CCc1ccco1. The van der Waals surface area contributed by atoms with Gasteiger partial charge in [0.1, 0.15) is 5.76 Å². The van der Waals surface area contributed by atoms with Gasteiger partial charge in [0.15, 0.2) is 5.96 Å². The van der Waals surface area contributed by atoms with Crippen molar-refractivity contribution in [1.29, 1.82) is 5.41 Å². The zero-order valence-electron chi connectivity index (χ0n) is 9.21. The van der Waals surface area contributed by atoms with Gasteiger partial charge >= 0.3 is 0 Å². The Labute approximate surface area is 90.0 Å². The fourth-order valence-electron chi connectivity index (χ4n) is 1.15. The number of nitrogens with one attached hydrogen (secondary N) is 3. The van der Waals surface area contributed by atoms with Gasteiger partial charge in [-0.1, -0.05) is 0 Å². The highest BCUT2D eigenvalue weighted by Gasteiger charge is 2.04. The Kier molecular flexibility index (Phi) is 4.70. The fourth-order valence-corrected chi connectivity index (χ4v) is 1.15. The highest BCUT2D eigenvalue weighted by atomic mass is 16.3. The quantitative estimate of drug-likeness (QED) is 0.375. The molecule has 0 aliphatic carbocycles. The van der Waals surface area contributed by atoms with E-state index in [4.69, 9.17) is 9.83 Å². The van der Waals surface area contributed by atoms with Gasteiger partial charge in [0.2, 0.25) is 0 Å². The number of rotatable bonds is 5. The standard InChI is InChI=1S/C10H18N4O/c1-12-8-13-10(11)14(2)6-5-9-4-3-7-15-9/h3-4,7,12H,5-6,8H2,1-2H3,(H2,11,13). The summed E-state index contributed by atoms with van der Waals surface area (Å²) in [5.41, 5.74) is 0. The van der Waals surface area contributed by atoms with Gasteiger partial charge in [0.25, 0.3) is 0 Å². The summed E-state index contributed by atoms with van der Waals surface area (Å²) in [4.78, 5) is 1.85. The smallest absolute Gasteiger partial charge is 0.191 e. The first-order chi connectivity index (χ1) is 7.24. The number of hydrogen-bond donors (Lipinski definition) is 3. The maximum Gasteiger partial charge on any atom is 0.191 e. The van der Waals surface area contributed by atoms with Crippen LogP contribution in [0, 0.1) is 5.41 Å². The lowest BCUT2D eigenvalue weighted by Crippen LogP contribution is -2.42. The van der Waals surface area contributed by atoms with Crippen LogP contribution in [0.25, 0.3) is 0 Å². The molecule has 1 heterocycles. The van der Waals surface area contributed by atoms with Gasteiger partial charge in [-0.2, -0.15) is 0 Å². The summed E-state index contributed by atoms with van der Waals surface area (Å²) in [5, 5.41) is 13.5. The minimum atomic E-state index is 0.413. The highest BCUT2D eigenvalue weighted by Crippen LogP contribution is 2.01. The van der Waals surface area contributed by atoms with Gasteiger partial charge in [0, 0.05) is 20.0 Å². The number of likely N-dealkylation sites (N-methyl/N-ethyl adjacent to an activating group) is 1. The lowest BCUT2D eigenvalue weighted by Gasteiger charge is -2.20. The first kappa shape index (κ1) is 11.6. The van der Waals surface area contributed by atoms with Gasteiger partial charge in [-0.3, -0.25) is 5.41 Å². The Hall–Kier alpha value is -1.49. The molecule has 0 aromatic carbocycles. The Morgan fingerprint density at radius 1 is 1.60 bits per heavy atom. The Balaban J connectivity index is 2.23. The van der Waals surface area contributed by atoms with Crippen molar-refractivity contribution in [2.24, 2.45) is 0 Å². The number of nitrogens with zero attached hydrogens (tertiary/aromatic N) is 1. The van der Waals surface area contributed by atoms with Crippen LogP contribution in [0.5, 0.6) is 0 Å². The van der Waals surface area contributed by atoms with Crippen LogP contribution in [-0.2, 0) is 6.42 Å². The van der Waals surface area contributed by atoms with E-state index in [-0.39, 0.29) is 0 Å². The lowest BCUT2D eigenvalue weighted by atomic mass is 10.3. The first-order valence-electron chi connectivity index (χ1n) is 4.94. The molecule has 84 valence electrons. The molecule has 0 fully saturated rings. The highest BCUT2D eigenvalue weighted by molar-refractivity contribution is 5.76. The second kappa shape index (κ2) is 6.08. The number of hydrogen-bond acceptors (Lipinski definition) is 3. The summed E-state index contributed by atoms with van der Waals surface area (Å²) in [6, 6.07) is 3.82. The molecule has 1 rings (SSSR count). The summed E-state index contributed by atoms with van der Waals surface area (Å²) >= 11 is 0. The monoisotopic (exact) mass is 210 g/mol. The average Bonchev–Trinajstić information content (AvgIpc) is 2.75. The third kappa shape index (κ3) is 4.03. The molecule has 1 aromatic rings.